The molecule has 0 fully saturated rings. The van der Waals surface area contributed by atoms with Crippen molar-refractivity contribution in [3.63, 3.8) is 0 Å². The van der Waals surface area contributed by atoms with Gasteiger partial charge in [-0.2, -0.15) is 0 Å². The Balaban J connectivity index is 1.60. The van der Waals surface area contributed by atoms with Crippen LogP contribution in [0.4, 0.5) is 0 Å². The first kappa shape index (κ1) is 20.4. The predicted molar refractivity (Wildman–Crippen MR) is 114 cm³/mol. The molecule has 0 aliphatic heterocycles. The Morgan fingerprint density at radius 3 is 2.68 bits per heavy atom. The van der Waals surface area contributed by atoms with Crippen LogP contribution < -0.4 is 5.32 Å². The van der Waals surface area contributed by atoms with Crippen LogP contribution in [0.3, 0.4) is 0 Å². The molecule has 3 rings (SSSR count). The molecule has 3 aromatic rings. The SMILES string of the molecule is CCc1ccc(C(C)NC(=O)CSc2nncn2-c2ccc(C)c(Cl)c2)cc1. The monoisotopic (exact) mass is 414 g/mol. The molecule has 0 saturated heterocycles. The molecule has 146 valence electrons. The fraction of sp³-hybridized carbons (Fsp3) is 0.286. The van der Waals surface area contributed by atoms with Crippen molar-refractivity contribution in [1.82, 2.24) is 20.1 Å². The molecule has 1 unspecified atom stereocenters. The van der Waals surface area contributed by atoms with E-state index in [-0.39, 0.29) is 17.7 Å². The molecule has 0 spiro atoms. The molecule has 1 amide bonds. The Bertz CT molecular complexity index is 955. The minimum atomic E-state index is -0.0484. The summed E-state index contributed by atoms with van der Waals surface area (Å²) in [6.07, 6.45) is 2.63. The Hall–Kier alpha value is -2.31. The zero-order valence-corrected chi connectivity index (χ0v) is 17.7. The van der Waals surface area contributed by atoms with Crippen LogP contribution in [0, 0.1) is 6.92 Å². The predicted octanol–water partition coefficient (Wildman–Crippen LogP) is 4.76. The average molecular weight is 415 g/mol. The van der Waals surface area contributed by atoms with Crippen molar-refractivity contribution in [3.05, 3.63) is 70.5 Å². The summed E-state index contributed by atoms with van der Waals surface area (Å²) in [7, 11) is 0. The fourth-order valence-corrected chi connectivity index (χ4v) is 3.68. The summed E-state index contributed by atoms with van der Waals surface area (Å²) in [6, 6.07) is 14.0. The van der Waals surface area contributed by atoms with Gasteiger partial charge in [-0.1, -0.05) is 60.6 Å². The molecule has 5 nitrogen and oxygen atoms in total. The summed E-state index contributed by atoms with van der Waals surface area (Å²) in [5, 5.41) is 12.5. The van der Waals surface area contributed by atoms with Gasteiger partial charge in [0.05, 0.1) is 17.5 Å². The number of halogens is 1. The number of aryl methyl sites for hydroxylation is 2. The fourth-order valence-electron chi connectivity index (χ4n) is 2.77. The van der Waals surface area contributed by atoms with Gasteiger partial charge in [-0.3, -0.25) is 9.36 Å². The maximum atomic E-state index is 12.4. The summed E-state index contributed by atoms with van der Waals surface area (Å²) in [4.78, 5) is 12.4. The molecule has 1 atom stereocenters. The molecule has 0 aliphatic carbocycles. The van der Waals surface area contributed by atoms with Crippen LogP contribution in [0.15, 0.2) is 53.9 Å². The average Bonchev–Trinajstić information content (AvgIpc) is 3.17. The van der Waals surface area contributed by atoms with Gasteiger partial charge in [-0.25, -0.2) is 0 Å². The number of nitrogens with one attached hydrogen (secondary N) is 1. The zero-order chi connectivity index (χ0) is 20.1. The van der Waals surface area contributed by atoms with E-state index in [0.29, 0.717) is 10.2 Å². The molecule has 0 aliphatic rings. The lowest BCUT2D eigenvalue weighted by Gasteiger charge is -2.15. The van der Waals surface area contributed by atoms with Crippen LogP contribution in [-0.4, -0.2) is 26.4 Å². The highest BCUT2D eigenvalue weighted by atomic mass is 35.5. The van der Waals surface area contributed by atoms with Crippen LogP contribution in [0.2, 0.25) is 5.02 Å². The first-order valence-corrected chi connectivity index (χ1v) is 10.5. The van der Waals surface area contributed by atoms with Gasteiger partial charge in [-0.05, 0) is 49.1 Å². The number of rotatable bonds is 7. The maximum absolute atomic E-state index is 12.4. The van der Waals surface area contributed by atoms with Crippen molar-refractivity contribution in [1.29, 1.82) is 0 Å². The van der Waals surface area contributed by atoms with E-state index in [9.17, 15) is 4.79 Å². The Kier molecular flexibility index (Phi) is 6.75. The first-order chi connectivity index (χ1) is 13.5. The van der Waals surface area contributed by atoms with Gasteiger partial charge in [0.1, 0.15) is 6.33 Å². The third kappa shape index (κ3) is 4.94. The second kappa shape index (κ2) is 9.26. The normalized spacial score (nSPS) is 12.0. The largest absolute Gasteiger partial charge is 0.349 e. The van der Waals surface area contributed by atoms with Crippen LogP contribution >= 0.6 is 23.4 Å². The number of amides is 1. The van der Waals surface area contributed by atoms with Crippen molar-refractivity contribution in [3.8, 4) is 5.69 Å². The highest BCUT2D eigenvalue weighted by Gasteiger charge is 2.13. The first-order valence-electron chi connectivity index (χ1n) is 9.15. The lowest BCUT2D eigenvalue weighted by Crippen LogP contribution is -2.28. The van der Waals surface area contributed by atoms with E-state index < -0.39 is 0 Å². The number of hydrogen-bond acceptors (Lipinski definition) is 4. The lowest BCUT2D eigenvalue weighted by atomic mass is 10.1. The Morgan fingerprint density at radius 1 is 1.25 bits per heavy atom. The molecule has 28 heavy (non-hydrogen) atoms. The van der Waals surface area contributed by atoms with Gasteiger partial charge >= 0.3 is 0 Å². The minimum absolute atomic E-state index is 0.0476. The zero-order valence-electron chi connectivity index (χ0n) is 16.1. The van der Waals surface area contributed by atoms with Crippen molar-refractivity contribution < 1.29 is 4.79 Å². The molecule has 0 saturated carbocycles. The van der Waals surface area contributed by atoms with Gasteiger partial charge in [0.2, 0.25) is 5.91 Å². The van der Waals surface area contributed by atoms with Crippen molar-refractivity contribution in [2.24, 2.45) is 0 Å². The van der Waals surface area contributed by atoms with E-state index in [1.54, 1.807) is 6.33 Å². The van der Waals surface area contributed by atoms with Crippen molar-refractivity contribution >= 4 is 29.3 Å². The van der Waals surface area contributed by atoms with E-state index in [1.165, 1.54) is 17.3 Å². The number of carbonyl (C=O) groups excluding carboxylic acids is 1. The van der Waals surface area contributed by atoms with Gasteiger partial charge in [0.25, 0.3) is 0 Å². The van der Waals surface area contributed by atoms with Gasteiger partial charge in [0, 0.05) is 5.02 Å². The molecular weight excluding hydrogens is 392 g/mol. The summed E-state index contributed by atoms with van der Waals surface area (Å²) >= 11 is 7.56. The summed E-state index contributed by atoms with van der Waals surface area (Å²) < 4.78 is 1.83. The minimum Gasteiger partial charge on any atom is -0.349 e. The second-order valence-corrected chi connectivity index (χ2v) is 7.94. The molecular formula is C21H23ClN4OS. The van der Waals surface area contributed by atoms with E-state index in [0.717, 1.165) is 23.2 Å². The van der Waals surface area contributed by atoms with Gasteiger partial charge in [0.15, 0.2) is 5.16 Å². The molecule has 1 heterocycles. The Morgan fingerprint density at radius 2 is 2.00 bits per heavy atom. The molecule has 1 aromatic heterocycles. The van der Waals surface area contributed by atoms with Gasteiger partial charge < -0.3 is 5.32 Å². The number of nitrogens with zero attached hydrogens (tertiary/aromatic N) is 3. The topological polar surface area (TPSA) is 59.8 Å². The van der Waals surface area contributed by atoms with Crippen LogP contribution in [0.25, 0.3) is 5.69 Å². The third-order valence-corrected chi connectivity index (χ3v) is 5.90. The maximum Gasteiger partial charge on any atom is 0.230 e. The van der Waals surface area contributed by atoms with Gasteiger partial charge in [-0.15, -0.1) is 10.2 Å². The van der Waals surface area contributed by atoms with Crippen molar-refractivity contribution in [2.45, 2.75) is 38.4 Å². The van der Waals surface area contributed by atoms with E-state index in [4.69, 9.17) is 11.6 Å². The number of thioether (sulfide) groups is 1. The van der Waals surface area contributed by atoms with Crippen LogP contribution in [-0.2, 0) is 11.2 Å². The smallest absolute Gasteiger partial charge is 0.230 e. The molecule has 1 N–H and O–H groups in total. The molecule has 2 aromatic carbocycles. The number of benzene rings is 2. The summed E-state index contributed by atoms with van der Waals surface area (Å²) in [5.41, 5.74) is 4.25. The molecule has 0 radical (unpaired) electrons. The van der Waals surface area contributed by atoms with Crippen molar-refractivity contribution in [2.75, 3.05) is 5.75 Å². The highest BCUT2D eigenvalue weighted by Crippen LogP contribution is 2.24. The highest BCUT2D eigenvalue weighted by molar-refractivity contribution is 7.99. The molecule has 0 bridgehead atoms. The van der Waals surface area contributed by atoms with Crippen LogP contribution in [0.5, 0.6) is 0 Å². The standard InChI is InChI=1S/C21H23ClN4OS/c1-4-16-6-8-17(9-7-16)15(3)24-20(27)12-28-21-25-23-13-26(21)18-10-5-14(2)19(22)11-18/h5-11,13,15H,4,12H2,1-3H3,(H,24,27). The number of carbonyl (C=O) groups is 1. The lowest BCUT2D eigenvalue weighted by molar-refractivity contribution is -0.119. The quantitative estimate of drug-likeness (QED) is 0.566. The number of hydrogen-bond donors (Lipinski definition) is 1. The molecule has 7 heteroatoms. The summed E-state index contributed by atoms with van der Waals surface area (Å²) in [6.45, 7) is 6.07. The third-order valence-electron chi connectivity index (χ3n) is 4.55. The van der Waals surface area contributed by atoms with E-state index in [2.05, 4.69) is 46.7 Å². The van der Waals surface area contributed by atoms with E-state index in [1.807, 2.05) is 36.6 Å². The van der Waals surface area contributed by atoms with E-state index >= 15 is 0 Å². The summed E-state index contributed by atoms with van der Waals surface area (Å²) in [5.74, 6) is 0.212. The number of aromatic nitrogens is 3. The van der Waals surface area contributed by atoms with Crippen LogP contribution in [0.1, 0.15) is 36.6 Å². The second-order valence-electron chi connectivity index (χ2n) is 6.59. The Labute approximate surface area is 174 Å².